The Labute approximate surface area is 83.3 Å². The third-order valence-corrected chi connectivity index (χ3v) is 2.17. The van der Waals surface area contributed by atoms with Gasteiger partial charge in [-0.15, -0.1) is 0 Å². The first kappa shape index (κ1) is 10.7. The zero-order valence-electron chi connectivity index (χ0n) is 8.62. The van der Waals surface area contributed by atoms with Crippen LogP contribution in [-0.2, 0) is 0 Å². The van der Waals surface area contributed by atoms with E-state index in [1.54, 1.807) is 18.0 Å². The lowest BCUT2D eigenvalue weighted by molar-refractivity contribution is 0.0754. The van der Waals surface area contributed by atoms with Crippen molar-refractivity contribution in [3.63, 3.8) is 0 Å². The van der Waals surface area contributed by atoms with Crippen molar-refractivity contribution in [3.8, 4) is 0 Å². The fourth-order valence-corrected chi connectivity index (χ4v) is 1.06. The van der Waals surface area contributed by atoms with Crippen molar-refractivity contribution < 1.29 is 9.18 Å². The molecule has 0 bridgehead atoms. The Balaban J connectivity index is 2.89. The number of nitrogens with zero attached hydrogens (tertiary/aromatic N) is 1. The standard InChI is InChI=1S/C11H14FNO/c1-8(2)13(3)11(14)9-5-4-6-10(12)7-9/h4-8H,1-3H3. The smallest absolute Gasteiger partial charge is 0.253 e. The summed E-state index contributed by atoms with van der Waals surface area (Å²) in [7, 11) is 1.71. The van der Waals surface area contributed by atoms with Crippen molar-refractivity contribution in [2.45, 2.75) is 19.9 Å². The van der Waals surface area contributed by atoms with Crippen LogP contribution in [0.5, 0.6) is 0 Å². The number of halogens is 1. The topological polar surface area (TPSA) is 20.3 Å². The minimum atomic E-state index is -0.381. The molecule has 0 aliphatic rings. The molecule has 0 radical (unpaired) electrons. The van der Waals surface area contributed by atoms with Gasteiger partial charge in [0.2, 0.25) is 0 Å². The summed E-state index contributed by atoms with van der Waals surface area (Å²) in [6.07, 6.45) is 0. The molecule has 0 fully saturated rings. The van der Waals surface area contributed by atoms with Crippen LogP contribution in [0, 0.1) is 5.82 Å². The van der Waals surface area contributed by atoms with Gasteiger partial charge in [-0.1, -0.05) is 6.07 Å². The van der Waals surface area contributed by atoms with Crippen LogP contribution in [0.4, 0.5) is 4.39 Å². The zero-order chi connectivity index (χ0) is 10.7. The fraction of sp³-hybridized carbons (Fsp3) is 0.364. The molecule has 1 rings (SSSR count). The van der Waals surface area contributed by atoms with E-state index in [1.165, 1.54) is 18.2 Å². The van der Waals surface area contributed by atoms with Crippen LogP contribution in [0.2, 0.25) is 0 Å². The van der Waals surface area contributed by atoms with Gasteiger partial charge in [-0.25, -0.2) is 4.39 Å². The van der Waals surface area contributed by atoms with E-state index in [1.807, 2.05) is 13.8 Å². The number of hydrogen-bond donors (Lipinski definition) is 0. The largest absolute Gasteiger partial charge is 0.339 e. The minimum Gasteiger partial charge on any atom is -0.339 e. The number of hydrogen-bond acceptors (Lipinski definition) is 1. The lowest BCUT2D eigenvalue weighted by Gasteiger charge is -2.21. The predicted molar refractivity (Wildman–Crippen MR) is 53.6 cm³/mol. The van der Waals surface area contributed by atoms with E-state index in [0.717, 1.165) is 0 Å². The summed E-state index contributed by atoms with van der Waals surface area (Å²) in [4.78, 5) is 13.3. The first-order chi connectivity index (χ1) is 6.52. The van der Waals surface area contributed by atoms with Crippen molar-refractivity contribution in [3.05, 3.63) is 35.6 Å². The van der Waals surface area contributed by atoms with Crippen molar-refractivity contribution in [2.75, 3.05) is 7.05 Å². The first-order valence-electron chi connectivity index (χ1n) is 4.55. The molecule has 0 unspecified atom stereocenters. The molecule has 0 aromatic heterocycles. The molecule has 2 nitrogen and oxygen atoms in total. The van der Waals surface area contributed by atoms with Crippen LogP contribution in [0.1, 0.15) is 24.2 Å². The summed E-state index contributed by atoms with van der Waals surface area (Å²) >= 11 is 0. The molecule has 76 valence electrons. The van der Waals surface area contributed by atoms with Crippen LogP contribution in [0.15, 0.2) is 24.3 Å². The van der Waals surface area contributed by atoms with E-state index in [9.17, 15) is 9.18 Å². The maximum Gasteiger partial charge on any atom is 0.253 e. The number of amides is 1. The summed E-state index contributed by atoms with van der Waals surface area (Å²) in [5, 5.41) is 0. The monoisotopic (exact) mass is 195 g/mol. The average molecular weight is 195 g/mol. The van der Waals surface area contributed by atoms with Gasteiger partial charge in [0.05, 0.1) is 0 Å². The molecular formula is C11H14FNO. The number of carbonyl (C=O) groups is 1. The first-order valence-corrected chi connectivity index (χ1v) is 4.55. The Morgan fingerprint density at radius 1 is 1.43 bits per heavy atom. The average Bonchev–Trinajstić information content (AvgIpc) is 2.15. The molecule has 0 aliphatic heterocycles. The van der Waals surface area contributed by atoms with E-state index in [4.69, 9.17) is 0 Å². The van der Waals surface area contributed by atoms with Gasteiger partial charge in [0.15, 0.2) is 0 Å². The highest BCUT2D eigenvalue weighted by Gasteiger charge is 2.14. The molecule has 0 spiro atoms. The van der Waals surface area contributed by atoms with Crippen LogP contribution in [-0.4, -0.2) is 23.9 Å². The van der Waals surface area contributed by atoms with Crippen molar-refractivity contribution in [1.82, 2.24) is 4.90 Å². The van der Waals surface area contributed by atoms with Crippen molar-refractivity contribution in [2.24, 2.45) is 0 Å². The summed E-state index contributed by atoms with van der Waals surface area (Å²) in [5.41, 5.74) is 0.390. The molecular weight excluding hydrogens is 181 g/mol. The van der Waals surface area contributed by atoms with Crippen LogP contribution in [0.25, 0.3) is 0 Å². The quantitative estimate of drug-likeness (QED) is 0.709. The van der Waals surface area contributed by atoms with Gasteiger partial charge < -0.3 is 4.90 Å². The molecule has 1 amide bonds. The molecule has 0 atom stereocenters. The van der Waals surface area contributed by atoms with Crippen LogP contribution >= 0.6 is 0 Å². The summed E-state index contributed by atoms with van der Waals surface area (Å²) in [5.74, 6) is -0.535. The maximum atomic E-state index is 12.8. The third kappa shape index (κ3) is 2.31. The van der Waals surface area contributed by atoms with E-state index >= 15 is 0 Å². The molecule has 14 heavy (non-hydrogen) atoms. The molecule has 0 saturated carbocycles. The Morgan fingerprint density at radius 3 is 2.57 bits per heavy atom. The van der Waals surface area contributed by atoms with Gasteiger partial charge in [0.1, 0.15) is 5.82 Å². The SMILES string of the molecule is CC(C)N(C)C(=O)c1cccc(F)c1. The van der Waals surface area contributed by atoms with Gasteiger partial charge in [0.25, 0.3) is 5.91 Å². The predicted octanol–water partition coefficient (Wildman–Crippen LogP) is 2.31. The van der Waals surface area contributed by atoms with Crippen molar-refractivity contribution >= 4 is 5.91 Å². The van der Waals surface area contributed by atoms with E-state index in [2.05, 4.69) is 0 Å². The highest BCUT2D eigenvalue weighted by Crippen LogP contribution is 2.08. The Morgan fingerprint density at radius 2 is 2.07 bits per heavy atom. The lowest BCUT2D eigenvalue weighted by atomic mass is 10.2. The van der Waals surface area contributed by atoms with Crippen LogP contribution in [0.3, 0.4) is 0 Å². The van der Waals surface area contributed by atoms with Crippen LogP contribution < -0.4 is 0 Å². The van der Waals surface area contributed by atoms with E-state index in [-0.39, 0.29) is 17.8 Å². The normalized spacial score (nSPS) is 10.4. The minimum absolute atomic E-state index is 0.116. The zero-order valence-corrected chi connectivity index (χ0v) is 8.62. The molecule has 3 heteroatoms. The van der Waals surface area contributed by atoms with Crippen molar-refractivity contribution in [1.29, 1.82) is 0 Å². The molecule has 0 aliphatic carbocycles. The van der Waals surface area contributed by atoms with Gasteiger partial charge in [-0.2, -0.15) is 0 Å². The molecule has 1 aromatic carbocycles. The summed E-state index contributed by atoms with van der Waals surface area (Å²) in [6.45, 7) is 3.83. The number of carbonyl (C=O) groups excluding carboxylic acids is 1. The van der Waals surface area contributed by atoms with Gasteiger partial charge >= 0.3 is 0 Å². The second-order valence-electron chi connectivity index (χ2n) is 3.52. The van der Waals surface area contributed by atoms with Gasteiger partial charge in [-0.3, -0.25) is 4.79 Å². The molecule has 0 heterocycles. The maximum absolute atomic E-state index is 12.8. The number of benzene rings is 1. The molecule has 0 saturated heterocycles. The summed E-state index contributed by atoms with van der Waals surface area (Å²) in [6, 6.07) is 5.85. The second kappa shape index (κ2) is 4.22. The lowest BCUT2D eigenvalue weighted by Crippen LogP contribution is -2.32. The Kier molecular flexibility index (Phi) is 3.23. The number of rotatable bonds is 2. The fourth-order valence-electron chi connectivity index (χ4n) is 1.06. The Hall–Kier alpha value is -1.38. The van der Waals surface area contributed by atoms with E-state index < -0.39 is 0 Å². The Bertz CT molecular complexity index is 336. The highest BCUT2D eigenvalue weighted by atomic mass is 19.1. The molecule has 0 N–H and O–H groups in total. The second-order valence-corrected chi connectivity index (χ2v) is 3.52. The summed E-state index contributed by atoms with van der Waals surface area (Å²) < 4.78 is 12.8. The van der Waals surface area contributed by atoms with Gasteiger partial charge in [0, 0.05) is 18.7 Å². The third-order valence-electron chi connectivity index (χ3n) is 2.17. The molecule has 1 aromatic rings. The van der Waals surface area contributed by atoms with E-state index in [0.29, 0.717) is 5.56 Å². The highest BCUT2D eigenvalue weighted by molar-refractivity contribution is 5.94. The van der Waals surface area contributed by atoms with Gasteiger partial charge in [-0.05, 0) is 32.0 Å².